The molecule has 0 spiro atoms. The van der Waals surface area contributed by atoms with Crippen molar-refractivity contribution >= 4 is 39.8 Å². The first-order valence-corrected chi connectivity index (χ1v) is 11.4. The van der Waals surface area contributed by atoms with Gasteiger partial charge in [0, 0.05) is 65.9 Å². The van der Waals surface area contributed by atoms with E-state index >= 15 is 0 Å². The monoisotopic (exact) mass is 453 g/mol. The van der Waals surface area contributed by atoms with Crippen LogP contribution in [-0.2, 0) is 26.2 Å². The number of Topliss-reactive ketones (excluding diaryl/α,β-unsaturated/α-hetero) is 5. The van der Waals surface area contributed by atoms with E-state index in [1.807, 2.05) is 42.1 Å². The summed E-state index contributed by atoms with van der Waals surface area (Å²) in [6.07, 6.45) is 1.86. The summed E-state index contributed by atoms with van der Waals surface area (Å²) in [4.78, 5) is 67.9. The molecule has 2 heterocycles. The quantitative estimate of drug-likeness (QED) is 0.415. The van der Waals surface area contributed by atoms with Crippen LogP contribution in [0.5, 0.6) is 0 Å². The molecule has 5 atom stereocenters. The maximum atomic E-state index is 14.1. The Labute approximate surface area is 193 Å². The van der Waals surface area contributed by atoms with E-state index in [1.165, 1.54) is 12.1 Å². The molecule has 0 amide bonds. The molecule has 0 radical (unpaired) electrons. The van der Waals surface area contributed by atoms with Gasteiger partial charge in [0.25, 0.3) is 0 Å². The lowest BCUT2D eigenvalue weighted by Crippen LogP contribution is -2.64. The highest BCUT2D eigenvalue weighted by Crippen LogP contribution is 2.65. The molecule has 0 bridgehead atoms. The Morgan fingerprint density at radius 3 is 2.09 bits per heavy atom. The minimum Gasteiger partial charge on any atom is -0.350 e. The van der Waals surface area contributed by atoms with Gasteiger partial charge in [0.15, 0.2) is 11.6 Å². The van der Waals surface area contributed by atoms with Crippen LogP contribution in [-0.4, -0.2) is 44.7 Å². The minimum absolute atomic E-state index is 0.0907. The Morgan fingerprint density at radius 1 is 0.794 bits per heavy atom. The lowest BCUT2D eigenvalue weighted by atomic mass is 9.53. The summed E-state index contributed by atoms with van der Waals surface area (Å²) in [7, 11) is 1.88. The SMILES string of the molecule is Cn1cc([C@H]2CC(=O)C[C@H]3C(=O)[C@]45O[C@]4(C(=O)c4ccccc4C5=O)C(=O)[C@@H]23)c2ccccc21. The van der Waals surface area contributed by atoms with Crippen molar-refractivity contribution in [3.8, 4) is 0 Å². The van der Waals surface area contributed by atoms with Crippen molar-refractivity contribution in [2.45, 2.75) is 30.0 Å². The van der Waals surface area contributed by atoms with Gasteiger partial charge >= 0.3 is 0 Å². The van der Waals surface area contributed by atoms with Gasteiger partial charge in [0.05, 0.1) is 0 Å². The fourth-order valence-electron chi connectivity index (χ4n) is 6.74. The maximum Gasteiger partial charge on any atom is 0.234 e. The molecule has 7 heteroatoms. The molecule has 0 N–H and O–H groups in total. The molecule has 34 heavy (non-hydrogen) atoms. The van der Waals surface area contributed by atoms with E-state index in [1.54, 1.807) is 12.1 Å². The third kappa shape index (κ3) is 1.97. The molecule has 1 saturated heterocycles. The number of carbonyl (C=O) groups excluding carboxylic acids is 5. The third-order valence-corrected chi connectivity index (χ3v) is 8.24. The molecule has 168 valence electrons. The number of rotatable bonds is 1. The second-order valence-electron chi connectivity index (χ2n) is 9.79. The fourth-order valence-corrected chi connectivity index (χ4v) is 6.74. The normalized spacial score (nSPS) is 33.9. The fraction of sp³-hybridized carbons (Fsp3) is 0.296. The first kappa shape index (κ1) is 19.7. The van der Waals surface area contributed by atoms with E-state index in [-0.39, 0.29) is 29.8 Å². The Kier molecular flexibility index (Phi) is 3.51. The van der Waals surface area contributed by atoms with E-state index in [0.29, 0.717) is 0 Å². The number of epoxide rings is 1. The highest BCUT2D eigenvalue weighted by atomic mass is 16.7. The van der Waals surface area contributed by atoms with Crippen LogP contribution in [0.25, 0.3) is 10.9 Å². The topological polar surface area (TPSA) is 103 Å². The predicted molar refractivity (Wildman–Crippen MR) is 119 cm³/mol. The van der Waals surface area contributed by atoms with Crippen LogP contribution in [0.15, 0.2) is 54.7 Å². The molecular formula is C27H19NO6. The average Bonchev–Trinajstić information content (AvgIpc) is 3.48. The molecule has 0 unspecified atom stereocenters. The molecule has 1 aromatic heterocycles. The molecule has 4 aliphatic rings. The van der Waals surface area contributed by atoms with Crippen molar-refractivity contribution in [1.29, 1.82) is 0 Å². The number of hydrogen-bond acceptors (Lipinski definition) is 6. The number of ether oxygens (including phenoxy) is 1. The van der Waals surface area contributed by atoms with Crippen molar-refractivity contribution in [3.63, 3.8) is 0 Å². The lowest BCUT2D eigenvalue weighted by molar-refractivity contribution is -0.144. The van der Waals surface area contributed by atoms with Crippen LogP contribution < -0.4 is 0 Å². The number of nitrogens with zero attached hydrogens (tertiary/aromatic N) is 1. The number of hydrogen-bond donors (Lipinski definition) is 0. The summed E-state index contributed by atoms with van der Waals surface area (Å²) < 4.78 is 7.66. The third-order valence-electron chi connectivity index (χ3n) is 8.24. The molecule has 3 aliphatic carbocycles. The minimum atomic E-state index is -2.13. The van der Waals surface area contributed by atoms with Crippen LogP contribution in [0.4, 0.5) is 0 Å². The standard InChI is InChI=1S/C27H19NO6/c1-28-12-19(14-6-4-5-9-20(14)28)17-10-13(29)11-18-21(17)25(33)27-23(31)16-8-3-2-7-15(16)22(30)26(27,34-27)24(18)32/h2-9,12,17-18,21H,10-11H2,1H3/t17-,18-,21+,26+,27-/m1/s1. The first-order valence-electron chi connectivity index (χ1n) is 11.4. The summed E-state index contributed by atoms with van der Waals surface area (Å²) in [5.41, 5.74) is -2.31. The largest absolute Gasteiger partial charge is 0.350 e. The van der Waals surface area contributed by atoms with E-state index in [9.17, 15) is 24.0 Å². The Balaban J connectivity index is 1.43. The molecule has 3 fully saturated rings. The van der Waals surface area contributed by atoms with Gasteiger partial charge in [-0.2, -0.15) is 0 Å². The van der Waals surface area contributed by atoms with Gasteiger partial charge in [-0.15, -0.1) is 0 Å². The zero-order valence-electron chi connectivity index (χ0n) is 18.2. The molecule has 2 aromatic carbocycles. The summed E-state index contributed by atoms with van der Waals surface area (Å²) >= 11 is 0. The van der Waals surface area contributed by atoms with Gasteiger partial charge in [-0.3, -0.25) is 24.0 Å². The van der Waals surface area contributed by atoms with Crippen LogP contribution in [0.1, 0.15) is 45.0 Å². The highest BCUT2D eigenvalue weighted by Gasteiger charge is 2.91. The van der Waals surface area contributed by atoms with Crippen molar-refractivity contribution in [2.24, 2.45) is 18.9 Å². The van der Waals surface area contributed by atoms with E-state index in [4.69, 9.17) is 4.74 Å². The Bertz CT molecular complexity index is 1530. The zero-order chi connectivity index (χ0) is 23.6. The molecule has 7 nitrogen and oxygen atoms in total. The highest BCUT2D eigenvalue weighted by molar-refractivity contribution is 6.43. The summed E-state index contributed by atoms with van der Waals surface area (Å²) in [6, 6.07) is 13.9. The number of benzene rings is 2. The summed E-state index contributed by atoms with van der Waals surface area (Å²) in [5, 5.41) is 0.895. The van der Waals surface area contributed by atoms with Gasteiger partial charge < -0.3 is 9.30 Å². The molecule has 7 rings (SSSR count). The first-order chi connectivity index (χ1) is 16.3. The van der Waals surface area contributed by atoms with Gasteiger partial charge in [0.2, 0.25) is 22.8 Å². The maximum absolute atomic E-state index is 14.1. The van der Waals surface area contributed by atoms with Gasteiger partial charge in [0.1, 0.15) is 5.78 Å². The number of aromatic nitrogens is 1. The van der Waals surface area contributed by atoms with Crippen LogP contribution in [0.3, 0.4) is 0 Å². The van der Waals surface area contributed by atoms with Crippen molar-refractivity contribution in [2.75, 3.05) is 0 Å². The molecule has 3 aromatic rings. The van der Waals surface area contributed by atoms with Gasteiger partial charge in [-0.05, 0) is 11.6 Å². The van der Waals surface area contributed by atoms with Crippen molar-refractivity contribution in [3.05, 3.63) is 71.4 Å². The number of ketones is 5. The van der Waals surface area contributed by atoms with Crippen LogP contribution in [0, 0.1) is 11.8 Å². The predicted octanol–water partition coefficient (Wildman–Crippen LogP) is 2.60. The second kappa shape index (κ2) is 6.04. The average molecular weight is 453 g/mol. The van der Waals surface area contributed by atoms with Crippen molar-refractivity contribution in [1.82, 2.24) is 4.57 Å². The van der Waals surface area contributed by atoms with Crippen LogP contribution in [0.2, 0.25) is 0 Å². The van der Waals surface area contributed by atoms with E-state index < -0.39 is 52.1 Å². The summed E-state index contributed by atoms with van der Waals surface area (Å²) in [6.45, 7) is 0. The Hall–Kier alpha value is -3.71. The van der Waals surface area contributed by atoms with Crippen molar-refractivity contribution < 1.29 is 28.7 Å². The second-order valence-corrected chi connectivity index (χ2v) is 9.79. The number of para-hydroxylation sites is 1. The van der Waals surface area contributed by atoms with Crippen LogP contribution >= 0.6 is 0 Å². The molecule has 2 saturated carbocycles. The summed E-state index contributed by atoms with van der Waals surface area (Å²) in [5.74, 6) is -5.06. The van der Waals surface area contributed by atoms with E-state index in [0.717, 1.165) is 16.5 Å². The zero-order valence-corrected chi connectivity index (χ0v) is 18.2. The molecule has 1 aliphatic heterocycles. The van der Waals surface area contributed by atoms with Gasteiger partial charge in [-0.25, -0.2) is 0 Å². The molecular weight excluding hydrogens is 434 g/mol. The van der Waals surface area contributed by atoms with Gasteiger partial charge in [-0.1, -0.05) is 42.5 Å². The van der Waals surface area contributed by atoms with E-state index in [2.05, 4.69) is 0 Å². The lowest BCUT2D eigenvalue weighted by Gasteiger charge is -2.42. The number of fused-ring (bicyclic) bond motifs is 3. The Morgan fingerprint density at radius 2 is 1.38 bits per heavy atom. The number of carbonyl (C=O) groups is 5. The smallest absolute Gasteiger partial charge is 0.234 e. The number of aryl methyl sites for hydroxylation is 1.